The molecule has 1 N–H and O–H groups in total. The Bertz CT molecular complexity index is 729. The quantitative estimate of drug-likeness (QED) is 0.633. The monoisotopic (exact) mass is 250 g/mol. The zero-order valence-corrected chi connectivity index (χ0v) is 8.70. The van der Waals surface area contributed by atoms with Gasteiger partial charge in [-0.25, -0.2) is 9.18 Å². The van der Waals surface area contributed by atoms with E-state index in [4.69, 9.17) is 0 Å². The Balaban J connectivity index is 2.12. The summed E-state index contributed by atoms with van der Waals surface area (Å²) in [4.78, 5) is 11.8. The summed E-state index contributed by atoms with van der Waals surface area (Å²) in [6, 6.07) is 5.53. The minimum atomic E-state index is -0.747. The topological polar surface area (TPSA) is 102 Å². The van der Waals surface area contributed by atoms with Gasteiger partial charge in [0.05, 0.1) is 0 Å². The van der Waals surface area contributed by atoms with Crippen LogP contribution in [0.15, 0.2) is 38.2 Å². The van der Waals surface area contributed by atoms with Crippen molar-refractivity contribution in [2.24, 2.45) is 0 Å². The Hall–Kier alpha value is -2.84. The van der Waals surface area contributed by atoms with Gasteiger partial charge >= 0.3 is 11.6 Å². The molecule has 3 aromatic rings. The van der Waals surface area contributed by atoms with Crippen LogP contribution in [0.4, 0.5) is 4.39 Å². The van der Waals surface area contributed by atoms with Gasteiger partial charge in [0.2, 0.25) is 5.69 Å². The average molecular weight is 250 g/mol. The number of hydrogen-bond donors (Lipinski definition) is 1. The predicted molar refractivity (Wildman–Crippen MR) is 51.9 cm³/mol. The second-order valence-electron chi connectivity index (χ2n) is 3.33. The van der Waals surface area contributed by atoms with Crippen LogP contribution < -0.4 is 10.6 Å². The number of halogens is 1. The minimum Gasteiger partial charge on any atom is -0.259 e. The third-order valence-electron chi connectivity index (χ3n) is 2.19. The van der Waals surface area contributed by atoms with Crippen molar-refractivity contribution in [3.05, 3.63) is 40.6 Å². The lowest BCUT2D eigenvalue weighted by Crippen LogP contribution is -2.38. The first-order valence-corrected chi connectivity index (χ1v) is 4.81. The van der Waals surface area contributed by atoms with E-state index in [1.54, 1.807) is 0 Å². The molecule has 18 heavy (non-hydrogen) atoms. The summed E-state index contributed by atoms with van der Waals surface area (Å²) in [6.07, 6.45) is 0. The van der Waals surface area contributed by atoms with Crippen LogP contribution in [0.2, 0.25) is 0 Å². The number of nitrogens with one attached hydrogen (secondary N) is 1. The molecule has 0 bridgehead atoms. The summed E-state index contributed by atoms with van der Waals surface area (Å²) in [6.45, 7) is 0. The highest BCUT2D eigenvalue weighted by Gasteiger charge is 2.26. The standard InChI is InChI=1S/C9H4FN5O3/c10-6-3-1-5(2-4-6)7-8(13-18-12-7)15-11-9(16)17-14-15/h1-4H/p+1. The van der Waals surface area contributed by atoms with Crippen LogP contribution in [0.5, 0.6) is 0 Å². The maximum atomic E-state index is 12.8. The number of aromatic nitrogens is 5. The number of H-pyrrole nitrogens is 1. The van der Waals surface area contributed by atoms with E-state index in [1.807, 2.05) is 0 Å². The van der Waals surface area contributed by atoms with Gasteiger partial charge in [0.1, 0.15) is 11.1 Å². The zero-order valence-electron chi connectivity index (χ0n) is 8.70. The number of hydrogen-bond acceptors (Lipinski definition) is 6. The first-order valence-electron chi connectivity index (χ1n) is 4.81. The van der Waals surface area contributed by atoms with Gasteiger partial charge in [0, 0.05) is 10.4 Å². The average Bonchev–Trinajstić information content (AvgIpc) is 2.98. The molecule has 0 saturated carbocycles. The van der Waals surface area contributed by atoms with E-state index in [1.165, 1.54) is 24.3 Å². The third kappa shape index (κ3) is 1.67. The smallest absolute Gasteiger partial charge is 0.259 e. The molecule has 0 aliphatic carbocycles. The van der Waals surface area contributed by atoms with Gasteiger partial charge in [0.15, 0.2) is 5.16 Å². The molecular formula is C9H5FN5O3+. The maximum Gasteiger partial charge on any atom is 0.473 e. The number of benzene rings is 1. The lowest BCUT2D eigenvalue weighted by atomic mass is 10.1. The molecule has 0 aliphatic rings. The van der Waals surface area contributed by atoms with E-state index >= 15 is 0 Å². The van der Waals surface area contributed by atoms with Crippen molar-refractivity contribution in [2.75, 3.05) is 0 Å². The van der Waals surface area contributed by atoms with Gasteiger partial charge in [0.25, 0.3) is 0 Å². The van der Waals surface area contributed by atoms with Gasteiger partial charge in [-0.3, -0.25) is 4.52 Å². The molecular weight excluding hydrogens is 245 g/mol. The summed E-state index contributed by atoms with van der Waals surface area (Å²) in [5, 5.41) is 12.9. The predicted octanol–water partition coefficient (Wildman–Crippen LogP) is -0.171. The second-order valence-corrected chi connectivity index (χ2v) is 3.33. The molecule has 2 aromatic heterocycles. The van der Waals surface area contributed by atoms with Crippen molar-refractivity contribution in [3.63, 3.8) is 0 Å². The number of rotatable bonds is 2. The van der Waals surface area contributed by atoms with Crippen LogP contribution in [-0.2, 0) is 0 Å². The van der Waals surface area contributed by atoms with Crippen molar-refractivity contribution >= 4 is 0 Å². The molecule has 0 fully saturated rings. The lowest BCUT2D eigenvalue weighted by Gasteiger charge is -1.92. The molecule has 0 aliphatic heterocycles. The molecule has 0 atom stereocenters. The van der Waals surface area contributed by atoms with Crippen molar-refractivity contribution < 1.29 is 18.3 Å². The van der Waals surface area contributed by atoms with E-state index in [9.17, 15) is 9.18 Å². The fourth-order valence-corrected chi connectivity index (χ4v) is 1.41. The van der Waals surface area contributed by atoms with Gasteiger partial charge in [-0.2, -0.15) is 0 Å². The van der Waals surface area contributed by atoms with Crippen LogP contribution in [0.1, 0.15) is 0 Å². The highest BCUT2D eigenvalue weighted by molar-refractivity contribution is 5.63. The molecule has 9 heteroatoms. The van der Waals surface area contributed by atoms with Crippen LogP contribution in [0, 0.1) is 5.82 Å². The molecule has 8 nitrogen and oxygen atoms in total. The van der Waals surface area contributed by atoms with Crippen molar-refractivity contribution in [3.8, 4) is 17.1 Å². The molecule has 0 amide bonds. The Labute approximate surface area is 97.6 Å². The third-order valence-corrected chi connectivity index (χ3v) is 2.19. The number of nitrogens with zero attached hydrogens (tertiary/aromatic N) is 4. The highest BCUT2D eigenvalue weighted by atomic mass is 19.1. The molecule has 0 unspecified atom stereocenters. The molecule has 3 rings (SSSR count). The van der Waals surface area contributed by atoms with E-state index < -0.39 is 5.76 Å². The van der Waals surface area contributed by atoms with Crippen LogP contribution in [-0.4, -0.2) is 20.7 Å². The molecule has 0 radical (unpaired) electrons. The van der Waals surface area contributed by atoms with Crippen molar-refractivity contribution in [2.45, 2.75) is 0 Å². The lowest BCUT2D eigenvalue weighted by molar-refractivity contribution is -0.728. The molecule has 2 heterocycles. The molecule has 1 aromatic carbocycles. The van der Waals surface area contributed by atoms with Gasteiger partial charge in [-0.15, -0.1) is 9.73 Å². The van der Waals surface area contributed by atoms with E-state index in [2.05, 4.69) is 29.8 Å². The molecule has 0 saturated heterocycles. The SMILES string of the molecule is O=c1[nH][n+](-c2nonc2-c2ccc(F)cc2)no1. The van der Waals surface area contributed by atoms with Crippen molar-refractivity contribution in [1.82, 2.24) is 20.7 Å². The van der Waals surface area contributed by atoms with Gasteiger partial charge < -0.3 is 0 Å². The Morgan fingerprint density at radius 2 is 2.00 bits per heavy atom. The zero-order chi connectivity index (χ0) is 12.5. The fraction of sp³-hybridized carbons (Fsp3) is 0. The van der Waals surface area contributed by atoms with Gasteiger partial charge in [-0.05, 0) is 29.4 Å². The van der Waals surface area contributed by atoms with Gasteiger partial charge in [-0.1, -0.05) is 0 Å². The fourth-order valence-electron chi connectivity index (χ4n) is 1.41. The highest BCUT2D eigenvalue weighted by Crippen LogP contribution is 2.19. The first-order chi connectivity index (χ1) is 8.74. The second kappa shape index (κ2) is 3.87. The first kappa shape index (κ1) is 10.3. The Morgan fingerprint density at radius 3 is 2.67 bits per heavy atom. The normalized spacial score (nSPS) is 10.7. The van der Waals surface area contributed by atoms with Crippen molar-refractivity contribution in [1.29, 1.82) is 0 Å². The maximum absolute atomic E-state index is 12.8. The summed E-state index contributed by atoms with van der Waals surface area (Å²) in [7, 11) is 0. The van der Waals surface area contributed by atoms with E-state index in [0.717, 1.165) is 4.80 Å². The summed E-state index contributed by atoms with van der Waals surface area (Å²) in [5.41, 5.74) is 0.855. The van der Waals surface area contributed by atoms with E-state index in [-0.39, 0.29) is 11.6 Å². The minimum absolute atomic E-state index is 0.132. The molecule has 0 spiro atoms. The van der Waals surface area contributed by atoms with Crippen LogP contribution in [0.25, 0.3) is 17.1 Å². The van der Waals surface area contributed by atoms with E-state index in [0.29, 0.717) is 11.3 Å². The largest absolute Gasteiger partial charge is 0.473 e. The Kier molecular flexibility index (Phi) is 2.22. The summed E-state index contributed by atoms with van der Waals surface area (Å²) >= 11 is 0. The van der Waals surface area contributed by atoms with Crippen LogP contribution >= 0.6 is 0 Å². The Morgan fingerprint density at radius 1 is 1.22 bits per heavy atom. The van der Waals surface area contributed by atoms with Crippen LogP contribution in [0.3, 0.4) is 0 Å². The molecule has 90 valence electrons. The number of aromatic amines is 1. The summed E-state index contributed by atoms with van der Waals surface area (Å²) in [5.74, 6) is -0.991. The summed E-state index contributed by atoms with van der Waals surface area (Å²) < 4.78 is 21.7.